The second-order valence-corrected chi connectivity index (χ2v) is 16.4. The molecule has 14 aromatic rings. The van der Waals surface area contributed by atoms with E-state index < -0.39 is 0 Å². The summed E-state index contributed by atoms with van der Waals surface area (Å²) >= 11 is 0. The van der Waals surface area contributed by atoms with Crippen LogP contribution < -0.4 is 4.90 Å². The molecule has 62 heavy (non-hydrogen) atoms. The van der Waals surface area contributed by atoms with Crippen molar-refractivity contribution in [2.24, 2.45) is 0 Å². The van der Waals surface area contributed by atoms with E-state index in [1.165, 1.54) is 60.0 Å². The molecule has 0 saturated heterocycles. The summed E-state index contributed by atoms with van der Waals surface area (Å²) in [5.74, 6) is 0. The third-order valence-electron chi connectivity index (χ3n) is 13.1. The van der Waals surface area contributed by atoms with Gasteiger partial charge in [0.05, 0.1) is 27.6 Å². The molecule has 0 fully saturated rings. The van der Waals surface area contributed by atoms with Crippen molar-refractivity contribution in [3.8, 4) is 22.3 Å². The smallest absolute Gasteiger partial charge is 0.143 e. The Hall–Kier alpha value is -8.34. The Bertz CT molecular complexity index is 4090. The van der Waals surface area contributed by atoms with Gasteiger partial charge in [0.25, 0.3) is 0 Å². The first kappa shape index (κ1) is 33.5. The number of pyridine rings is 1. The first-order chi connectivity index (χ1) is 30.8. The zero-order chi connectivity index (χ0) is 40.5. The van der Waals surface area contributed by atoms with E-state index in [1.807, 2.05) is 24.3 Å². The van der Waals surface area contributed by atoms with Crippen LogP contribution in [0.4, 0.5) is 17.1 Å². The fourth-order valence-electron chi connectivity index (χ4n) is 10.4. The molecule has 4 heteroatoms. The molecule has 288 valence electrons. The highest BCUT2D eigenvalue weighted by atomic mass is 16.3. The van der Waals surface area contributed by atoms with Gasteiger partial charge in [0.1, 0.15) is 22.3 Å². The fraction of sp³-hybridized carbons (Fsp3) is 0. The van der Waals surface area contributed by atoms with Gasteiger partial charge in [0.2, 0.25) is 0 Å². The molecule has 0 radical (unpaired) electrons. The van der Waals surface area contributed by atoms with Gasteiger partial charge in [0, 0.05) is 54.6 Å². The van der Waals surface area contributed by atoms with Crippen LogP contribution in [0.5, 0.6) is 0 Å². The Morgan fingerprint density at radius 3 is 1.61 bits per heavy atom. The van der Waals surface area contributed by atoms with Crippen LogP contribution in [0.3, 0.4) is 0 Å². The standard InChI is InChI=1S/C58H34N2O2/c1-5-20-49-40(12-1)43-17-10-18-44-47(34-48-41-13-2-6-21-50(41)60(49)57(48)55(43)44)36-28-32-38(33-29-36)59(51-22-11-25-54-56(51)46-15-4-8-24-53(46)61-54)37-30-26-35(27-31-37)39-16-9-19-45-42-14-3-7-23-52(42)62-58(39)45/h1-34H. The topological polar surface area (TPSA) is 33.9 Å². The molecule has 0 bridgehead atoms. The maximum atomic E-state index is 6.46. The normalized spacial score (nSPS) is 12.2. The highest BCUT2D eigenvalue weighted by Crippen LogP contribution is 2.47. The summed E-state index contributed by atoms with van der Waals surface area (Å²) in [6, 6.07) is 74.2. The van der Waals surface area contributed by atoms with Crippen LogP contribution in [-0.2, 0) is 0 Å². The van der Waals surface area contributed by atoms with Gasteiger partial charge < -0.3 is 18.1 Å². The lowest BCUT2D eigenvalue weighted by Gasteiger charge is -2.27. The van der Waals surface area contributed by atoms with Crippen LogP contribution in [0.15, 0.2) is 215 Å². The number of nitrogens with zero attached hydrogens (tertiary/aromatic N) is 2. The van der Waals surface area contributed by atoms with Crippen molar-refractivity contribution in [2.75, 3.05) is 4.90 Å². The van der Waals surface area contributed by atoms with Crippen LogP contribution in [0.25, 0.3) is 115 Å². The number of para-hydroxylation sites is 5. The van der Waals surface area contributed by atoms with Crippen molar-refractivity contribution in [1.82, 2.24) is 4.40 Å². The van der Waals surface area contributed by atoms with E-state index in [4.69, 9.17) is 8.83 Å². The molecule has 0 unspecified atom stereocenters. The average molecular weight is 791 g/mol. The van der Waals surface area contributed by atoms with E-state index in [9.17, 15) is 0 Å². The van der Waals surface area contributed by atoms with Gasteiger partial charge in [-0.05, 0) is 94.2 Å². The molecule has 0 N–H and O–H groups in total. The van der Waals surface area contributed by atoms with Gasteiger partial charge in [0.15, 0.2) is 0 Å². The van der Waals surface area contributed by atoms with E-state index in [-0.39, 0.29) is 0 Å². The molecule has 4 aromatic heterocycles. The predicted octanol–water partition coefficient (Wildman–Crippen LogP) is 16.6. The number of fused-ring (bicyclic) bond motifs is 12. The number of benzene rings is 10. The molecule has 0 spiro atoms. The summed E-state index contributed by atoms with van der Waals surface area (Å²) in [5.41, 5.74) is 15.0. The number of hydrogen-bond donors (Lipinski definition) is 0. The Morgan fingerprint density at radius 1 is 0.339 bits per heavy atom. The monoisotopic (exact) mass is 790 g/mol. The van der Waals surface area contributed by atoms with E-state index in [1.54, 1.807) is 0 Å². The summed E-state index contributed by atoms with van der Waals surface area (Å²) in [5, 5.41) is 12.1. The predicted molar refractivity (Wildman–Crippen MR) is 259 cm³/mol. The van der Waals surface area contributed by atoms with Crippen LogP contribution in [-0.4, -0.2) is 4.40 Å². The molecular weight excluding hydrogens is 757 g/mol. The summed E-state index contributed by atoms with van der Waals surface area (Å²) in [6.07, 6.45) is 0. The van der Waals surface area contributed by atoms with Crippen LogP contribution in [0.1, 0.15) is 0 Å². The Morgan fingerprint density at radius 2 is 0.871 bits per heavy atom. The molecule has 4 nitrogen and oxygen atoms in total. The third kappa shape index (κ3) is 4.61. The van der Waals surface area contributed by atoms with E-state index in [0.717, 1.165) is 72.1 Å². The van der Waals surface area contributed by atoms with Gasteiger partial charge in [-0.25, -0.2) is 0 Å². The highest BCUT2D eigenvalue weighted by Gasteiger charge is 2.23. The molecule has 0 aliphatic rings. The highest BCUT2D eigenvalue weighted by molar-refractivity contribution is 6.31. The van der Waals surface area contributed by atoms with Crippen LogP contribution in [0, 0.1) is 0 Å². The summed E-state index contributed by atoms with van der Waals surface area (Å²) in [6.45, 7) is 0. The van der Waals surface area contributed by atoms with Crippen LogP contribution in [0.2, 0.25) is 0 Å². The second-order valence-electron chi connectivity index (χ2n) is 16.4. The quantitative estimate of drug-likeness (QED) is 0.129. The maximum absolute atomic E-state index is 6.46. The van der Waals surface area contributed by atoms with Crippen molar-refractivity contribution in [3.63, 3.8) is 0 Å². The minimum absolute atomic E-state index is 0.858. The number of rotatable bonds is 5. The summed E-state index contributed by atoms with van der Waals surface area (Å²) in [7, 11) is 0. The Balaban J connectivity index is 0.959. The molecule has 10 aromatic carbocycles. The van der Waals surface area contributed by atoms with Crippen molar-refractivity contribution < 1.29 is 8.83 Å². The fourth-order valence-corrected chi connectivity index (χ4v) is 10.4. The molecule has 0 aliphatic heterocycles. The molecule has 0 amide bonds. The third-order valence-corrected chi connectivity index (χ3v) is 13.1. The number of anilines is 3. The molecule has 0 saturated carbocycles. The molecular formula is C58H34N2O2. The van der Waals surface area contributed by atoms with Gasteiger partial charge in [-0.15, -0.1) is 0 Å². The zero-order valence-electron chi connectivity index (χ0n) is 33.3. The largest absolute Gasteiger partial charge is 0.456 e. The van der Waals surface area contributed by atoms with Gasteiger partial charge in [-0.3, -0.25) is 0 Å². The summed E-state index contributed by atoms with van der Waals surface area (Å²) in [4.78, 5) is 2.36. The van der Waals surface area contributed by atoms with Gasteiger partial charge >= 0.3 is 0 Å². The van der Waals surface area contributed by atoms with Crippen molar-refractivity contribution in [1.29, 1.82) is 0 Å². The van der Waals surface area contributed by atoms with Crippen molar-refractivity contribution in [2.45, 2.75) is 0 Å². The first-order valence-corrected chi connectivity index (χ1v) is 21.2. The van der Waals surface area contributed by atoms with Crippen LogP contribution >= 0.6 is 0 Å². The Labute approximate surface area is 355 Å². The first-order valence-electron chi connectivity index (χ1n) is 21.2. The maximum Gasteiger partial charge on any atom is 0.143 e. The van der Waals surface area contributed by atoms with Crippen molar-refractivity contribution >= 4 is 110 Å². The van der Waals surface area contributed by atoms with E-state index in [0.29, 0.717) is 0 Å². The SMILES string of the molecule is c1ccc2c(c1)oc1c(-c3ccc(N(c4ccc(-c5cc6c7ccccc7n7c8ccccc8c8cccc5c8c67)cc4)c4cccc5oc6ccccc6c45)cc3)cccc12. The van der Waals surface area contributed by atoms with Gasteiger partial charge in [-0.1, -0.05) is 140 Å². The summed E-state index contributed by atoms with van der Waals surface area (Å²) < 4.78 is 15.4. The zero-order valence-corrected chi connectivity index (χ0v) is 33.3. The molecule has 14 rings (SSSR count). The minimum atomic E-state index is 0.858. The lowest BCUT2D eigenvalue weighted by Crippen LogP contribution is -2.10. The number of furan rings is 2. The number of hydrogen-bond acceptors (Lipinski definition) is 3. The average Bonchev–Trinajstić information content (AvgIpc) is 4.02. The lowest BCUT2D eigenvalue weighted by atomic mass is 9.92. The van der Waals surface area contributed by atoms with Gasteiger partial charge in [-0.2, -0.15) is 0 Å². The minimum Gasteiger partial charge on any atom is -0.456 e. The van der Waals surface area contributed by atoms with E-state index in [2.05, 4.69) is 191 Å². The van der Waals surface area contributed by atoms with E-state index >= 15 is 0 Å². The number of aromatic nitrogens is 1. The van der Waals surface area contributed by atoms with Crippen molar-refractivity contribution in [3.05, 3.63) is 206 Å². The Kier molecular flexibility index (Phi) is 6.80. The molecule has 0 atom stereocenters. The molecule has 0 aliphatic carbocycles. The second kappa shape index (κ2) is 12.6. The lowest BCUT2D eigenvalue weighted by molar-refractivity contribution is 0.669. The molecule has 4 heterocycles.